The second-order valence-electron chi connectivity index (χ2n) is 3.91. The van der Waals surface area contributed by atoms with E-state index >= 15 is 0 Å². The summed E-state index contributed by atoms with van der Waals surface area (Å²) < 4.78 is 0. The SMILES string of the molecule is C[C@@H]1CCC[C@H](C)N1CCCBr. The number of alkyl halides is 1. The normalized spacial score (nSPS) is 32.2. The lowest BCUT2D eigenvalue weighted by Crippen LogP contribution is -2.44. The number of likely N-dealkylation sites (tertiary alicyclic amines) is 1. The highest BCUT2D eigenvalue weighted by atomic mass is 79.9. The molecule has 0 aromatic heterocycles. The van der Waals surface area contributed by atoms with E-state index in [-0.39, 0.29) is 0 Å². The van der Waals surface area contributed by atoms with Crippen molar-refractivity contribution in [3.63, 3.8) is 0 Å². The first-order valence-electron chi connectivity index (χ1n) is 5.07. The quantitative estimate of drug-likeness (QED) is 0.678. The average Bonchev–Trinajstić information content (AvgIpc) is 2.04. The molecule has 1 fully saturated rings. The summed E-state index contributed by atoms with van der Waals surface area (Å²) in [4.78, 5) is 2.66. The van der Waals surface area contributed by atoms with Crippen LogP contribution in [0, 0.1) is 0 Å². The molecule has 0 saturated carbocycles. The molecule has 0 aromatic rings. The van der Waals surface area contributed by atoms with Gasteiger partial charge in [0.2, 0.25) is 0 Å². The van der Waals surface area contributed by atoms with Gasteiger partial charge < -0.3 is 0 Å². The van der Waals surface area contributed by atoms with E-state index in [1.54, 1.807) is 0 Å². The highest BCUT2D eigenvalue weighted by molar-refractivity contribution is 9.09. The van der Waals surface area contributed by atoms with Crippen LogP contribution in [-0.2, 0) is 0 Å². The predicted octanol–water partition coefficient (Wildman–Crippen LogP) is 3.03. The van der Waals surface area contributed by atoms with E-state index < -0.39 is 0 Å². The van der Waals surface area contributed by atoms with Crippen molar-refractivity contribution in [1.29, 1.82) is 0 Å². The van der Waals surface area contributed by atoms with Crippen LogP contribution in [0.15, 0.2) is 0 Å². The Balaban J connectivity index is 2.34. The largest absolute Gasteiger partial charge is 0.298 e. The van der Waals surface area contributed by atoms with Gasteiger partial charge in [-0.2, -0.15) is 0 Å². The van der Waals surface area contributed by atoms with E-state index in [1.807, 2.05) is 0 Å². The second kappa shape index (κ2) is 5.23. The van der Waals surface area contributed by atoms with Crippen molar-refractivity contribution in [2.24, 2.45) is 0 Å². The Morgan fingerprint density at radius 3 is 2.33 bits per heavy atom. The van der Waals surface area contributed by atoms with Gasteiger partial charge in [-0.1, -0.05) is 22.4 Å². The Kier molecular flexibility index (Phi) is 4.59. The molecule has 0 N–H and O–H groups in total. The molecule has 1 nitrogen and oxygen atoms in total. The number of nitrogens with zero attached hydrogens (tertiary/aromatic N) is 1. The third kappa shape index (κ3) is 2.74. The lowest BCUT2D eigenvalue weighted by molar-refractivity contribution is 0.104. The summed E-state index contributed by atoms with van der Waals surface area (Å²) in [6.07, 6.45) is 5.50. The van der Waals surface area contributed by atoms with E-state index in [0.29, 0.717) is 0 Å². The molecule has 0 aliphatic carbocycles. The number of halogens is 1. The summed E-state index contributed by atoms with van der Waals surface area (Å²) in [7, 11) is 0. The van der Waals surface area contributed by atoms with Crippen molar-refractivity contribution in [2.75, 3.05) is 11.9 Å². The third-order valence-electron chi connectivity index (χ3n) is 2.93. The van der Waals surface area contributed by atoms with Crippen LogP contribution in [-0.4, -0.2) is 28.9 Å². The highest BCUT2D eigenvalue weighted by Gasteiger charge is 2.23. The summed E-state index contributed by atoms with van der Waals surface area (Å²) >= 11 is 3.49. The van der Waals surface area contributed by atoms with Crippen LogP contribution in [0.3, 0.4) is 0 Å². The minimum Gasteiger partial charge on any atom is -0.298 e. The predicted molar refractivity (Wildman–Crippen MR) is 57.9 cm³/mol. The molecule has 72 valence electrons. The maximum absolute atomic E-state index is 3.49. The van der Waals surface area contributed by atoms with E-state index in [0.717, 1.165) is 17.4 Å². The molecule has 2 atom stereocenters. The maximum atomic E-state index is 3.49. The van der Waals surface area contributed by atoms with Gasteiger partial charge in [-0.05, 0) is 39.7 Å². The van der Waals surface area contributed by atoms with Crippen molar-refractivity contribution >= 4 is 15.9 Å². The first kappa shape index (κ1) is 10.5. The van der Waals surface area contributed by atoms with Gasteiger partial charge in [-0.25, -0.2) is 0 Å². The zero-order chi connectivity index (χ0) is 8.97. The molecular formula is C10H20BrN. The van der Waals surface area contributed by atoms with Crippen molar-refractivity contribution in [1.82, 2.24) is 4.90 Å². The fraction of sp³-hybridized carbons (Fsp3) is 1.00. The molecule has 1 aliphatic heterocycles. The third-order valence-corrected chi connectivity index (χ3v) is 3.49. The zero-order valence-electron chi connectivity index (χ0n) is 8.22. The maximum Gasteiger partial charge on any atom is 0.00697 e. The van der Waals surface area contributed by atoms with E-state index in [2.05, 4.69) is 34.7 Å². The van der Waals surface area contributed by atoms with Crippen molar-refractivity contribution in [3.05, 3.63) is 0 Å². The van der Waals surface area contributed by atoms with Crippen LogP contribution >= 0.6 is 15.9 Å². The molecule has 0 amide bonds. The first-order chi connectivity index (χ1) is 5.75. The molecule has 1 saturated heterocycles. The van der Waals surface area contributed by atoms with E-state index in [9.17, 15) is 0 Å². The van der Waals surface area contributed by atoms with Crippen LogP contribution in [0.1, 0.15) is 39.5 Å². The Morgan fingerprint density at radius 2 is 1.83 bits per heavy atom. The van der Waals surface area contributed by atoms with Crippen LogP contribution in [0.2, 0.25) is 0 Å². The monoisotopic (exact) mass is 233 g/mol. The first-order valence-corrected chi connectivity index (χ1v) is 6.19. The van der Waals surface area contributed by atoms with Crippen LogP contribution < -0.4 is 0 Å². The summed E-state index contributed by atoms with van der Waals surface area (Å²) in [6, 6.07) is 1.63. The Labute approximate surface area is 84.6 Å². The molecule has 0 aromatic carbocycles. The van der Waals surface area contributed by atoms with Gasteiger partial charge in [0, 0.05) is 17.4 Å². The van der Waals surface area contributed by atoms with Crippen molar-refractivity contribution < 1.29 is 0 Å². The lowest BCUT2D eigenvalue weighted by Gasteiger charge is -2.38. The molecule has 1 rings (SSSR count). The van der Waals surface area contributed by atoms with Crippen LogP contribution in [0.25, 0.3) is 0 Å². The second-order valence-corrected chi connectivity index (χ2v) is 4.70. The fourth-order valence-electron chi connectivity index (χ4n) is 2.16. The standard InChI is InChI=1S/C10H20BrN/c1-9-5-3-6-10(2)12(9)8-4-7-11/h9-10H,3-8H2,1-2H3/t9-,10+. The smallest absolute Gasteiger partial charge is 0.00697 e. The Morgan fingerprint density at radius 1 is 1.25 bits per heavy atom. The van der Waals surface area contributed by atoms with Crippen LogP contribution in [0.5, 0.6) is 0 Å². The molecule has 1 heterocycles. The van der Waals surface area contributed by atoms with Crippen molar-refractivity contribution in [3.8, 4) is 0 Å². The molecule has 0 bridgehead atoms. The zero-order valence-corrected chi connectivity index (χ0v) is 9.81. The lowest BCUT2D eigenvalue weighted by atomic mass is 9.97. The minimum atomic E-state index is 0.813. The van der Waals surface area contributed by atoms with Gasteiger partial charge >= 0.3 is 0 Å². The fourth-order valence-corrected chi connectivity index (χ4v) is 2.41. The minimum absolute atomic E-state index is 0.813. The van der Waals surface area contributed by atoms with Crippen molar-refractivity contribution in [2.45, 2.75) is 51.6 Å². The number of rotatable bonds is 3. The van der Waals surface area contributed by atoms with E-state index in [4.69, 9.17) is 0 Å². The average molecular weight is 234 g/mol. The molecule has 1 aliphatic rings. The number of hydrogen-bond donors (Lipinski definition) is 0. The van der Waals surface area contributed by atoms with Crippen LogP contribution in [0.4, 0.5) is 0 Å². The van der Waals surface area contributed by atoms with Gasteiger partial charge in [0.25, 0.3) is 0 Å². The molecular weight excluding hydrogens is 214 g/mol. The molecule has 0 spiro atoms. The van der Waals surface area contributed by atoms with Gasteiger partial charge in [-0.15, -0.1) is 0 Å². The summed E-state index contributed by atoms with van der Waals surface area (Å²) in [5.41, 5.74) is 0. The van der Waals surface area contributed by atoms with Gasteiger partial charge in [0.15, 0.2) is 0 Å². The highest BCUT2D eigenvalue weighted by Crippen LogP contribution is 2.22. The summed E-state index contributed by atoms with van der Waals surface area (Å²) in [5.74, 6) is 0. The van der Waals surface area contributed by atoms with Gasteiger partial charge in [0.1, 0.15) is 0 Å². The molecule has 12 heavy (non-hydrogen) atoms. The Hall–Kier alpha value is 0.440. The molecule has 0 unspecified atom stereocenters. The number of hydrogen-bond acceptors (Lipinski definition) is 1. The number of piperidine rings is 1. The Bertz CT molecular complexity index is 117. The summed E-state index contributed by atoms with van der Waals surface area (Å²) in [5, 5.41) is 1.14. The van der Waals surface area contributed by atoms with Gasteiger partial charge in [0.05, 0.1) is 0 Å². The van der Waals surface area contributed by atoms with Gasteiger partial charge in [-0.3, -0.25) is 4.90 Å². The van der Waals surface area contributed by atoms with E-state index in [1.165, 1.54) is 32.2 Å². The summed E-state index contributed by atoms with van der Waals surface area (Å²) in [6.45, 7) is 6.00. The topological polar surface area (TPSA) is 3.24 Å². The molecule has 0 radical (unpaired) electrons. The molecule has 2 heteroatoms.